The first-order chi connectivity index (χ1) is 9.74. The molecule has 3 rings (SSSR count). The largest absolute Gasteiger partial charge is 0.361 e. The molecular weight excluding hydrogens is 268 g/mol. The van der Waals surface area contributed by atoms with Gasteiger partial charge in [-0.15, -0.1) is 11.3 Å². The maximum atomic E-state index is 12.0. The highest BCUT2D eigenvalue weighted by molar-refractivity contribution is 7.10. The lowest BCUT2D eigenvalue weighted by Crippen LogP contribution is -2.24. The van der Waals surface area contributed by atoms with Gasteiger partial charge >= 0.3 is 0 Å². The number of thiophene rings is 1. The fourth-order valence-electron chi connectivity index (χ4n) is 2.28. The number of benzene rings is 1. The van der Waals surface area contributed by atoms with E-state index in [1.54, 1.807) is 11.3 Å². The van der Waals surface area contributed by atoms with Gasteiger partial charge in [0.1, 0.15) is 0 Å². The van der Waals surface area contributed by atoms with Crippen LogP contribution in [0.1, 0.15) is 16.0 Å². The lowest BCUT2D eigenvalue weighted by Gasteiger charge is -2.04. The zero-order chi connectivity index (χ0) is 13.9. The molecule has 1 aromatic carbocycles. The molecule has 20 heavy (non-hydrogen) atoms. The van der Waals surface area contributed by atoms with Crippen LogP contribution in [0, 0.1) is 6.92 Å². The summed E-state index contributed by atoms with van der Waals surface area (Å²) in [5, 5.41) is 6.16. The Kier molecular flexibility index (Phi) is 3.56. The topological polar surface area (TPSA) is 44.9 Å². The average Bonchev–Trinajstić information content (AvgIpc) is 3.04. The van der Waals surface area contributed by atoms with Crippen LogP contribution in [0.15, 0.2) is 41.9 Å². The summed E-state index contributed by atoms with van der Waals surface area (Å²) in [5.74, 6) is 0.0579. The van der Waals surface area contributed by atoms with Gasteiger partial charge in [-0.2, -0.15) is 0 Å². The van der Waals surface area contributed by atoms with Crippen molar-refractivity contribution in [2.45, 2.75) is 19.9 Å². The second-order valence-electron chi connectivity index (χ2n) is 4.84. The summed E-state index contributed by atoms with van der Waals surface area (Å²) in [7, 11) is 0. The SMILES string of the molecule is Cc1ccsc1CNC(=O)Cc1c[nH]c2ccccc12. The molecular formula is C16H16N2OS. The van der Waals surface area contributed by atoms with Crippen LogP contribution in [-0.4, -0.2) is 10.9 Å². The number of aromatic nitrogens is 1. The monoisotopic (exact) mass is 284 g/mol. The smallest absolute Gasteiger partial charge is 0.224 e. The Balaban J connectivity index is 1.66. The van der Waals surface area contributed by atoms with Gasteiger partial charge in [0.25, 0.3) is 0 Å². The molecule has 0 saturated heterocycles. The molecule has 0 unspecified atom stereocenters. The van der Waals surface area contributed by atoms with Gasteiger partial charge in [0.05, 0.1) is 13.0 Å². The van der Waals surface area contributed by atoms with Gasteiger partial charge in [-0.1, -0.05) is 18.2 Å². The molecule has 2 N–H and O–H groups in total. The molecule has 0 aliphatic carbocycles. The van der Waals surface area contributed by atoms with Crippen molar-refractivity contribution in [3.8, 4) is 0 Å². The van der Waals surface area contributed by atoms with E-state index in [1.165, 1.54) is 10.4 Å². The summed E-state index contributed by atoms with van der Waals surface area (Å²) in [6.45, 7) is 2.68. The Morgan fingerprint density at radius 2 is 2.15 bits per heavy atom. The predicted molar refractivity (Wildman–Crippen MR) is 82.9 cm³/mol. The molecule has 0 radical (unpaired) electrons. The van der Waals surface area contributed by atoms with Crippen molar-refractivity contribution in [3.05, 3.63) is 57.9 Å². The minimum Gasteiger partial charge on any atom is -0.361 e. The van der Waals surface area contributed by atoms with Crippen LogP contribution in [0.2, 0.25) is 0 Å². The highest BCUT2D eigenvalue weighted by Gasteiger charge is 2.09. The van der Waals surface area contributed by atoms with E-state index in [1.807, 2.05) is 30.5 Å². The second kappa shape index (κ2) is 5.51. The predicted octanol–water partition coefficient (Wildman–Crippen LogP) is 3.40. The van der Waals surface area contributed by atoms with E-state index in [4.69, 9.17) is 0 Å². The Bertz CT molecular complexity index is 742. The van der Waals surface area contributed by atoms with E-state index in [2.05, 4.69) is 28.7 Å². The third-order valence-electron chi connectivity index (χ3n) is 3.44. The number of H-pyrrole nitrogens is 1. The summed E-state index contributed by atoms with van der Waals surface area (Å²) < 4.78 is 0. The molecule has 0 fully saturated rings. The van der Waals surface area contributed by atoms with E-state index in [-0.39, 0.29) is 5.91 Å². The Morgan fingerprint density at radius 3 is 2.95 bits per heavy atom. The molecule has 3 aromatic rings. The molecule has 3 nitrogen and oxygen atoms in total. The number of fused-ring (bicyclic) bond motifs is 1. The van der Waals surface area contributed by atoms with Gasteiger partial charge in [0.2, 0.25) is 5.91 Å². The number of amides is 1. The highest BCUT2D eigenvalue weighted by atomic mass is 32.1. The molecule has 0 atom stereocenters. The van der Waals surface area contributed by atoms with Crippen molar-refractivity contribution in [1.29, 1.82) is 0 Å². The van der Waals surface area contributed by atoms with Gasteiger partial charge in [-0.25, -0.2) is 0 Å². The summed E-state index contributed by atoms with van der Waals surface area (Å²) in [6, 6.07) is 10.1. The Labute approximate surface area is 121 Å². The van der Waals surface area contributed by atoms with Crippen molar-refractivity contribution in [3.63, 3.8) is 0 Å². The average molecular weight is 284 g/mol. The molecule has 2 heterocycles. The van der Waals surface area contributed by atoms with Gasteiger partial charge in [-0.05, 0) is 35.6 Å². The molecule has 0 aliphatic rings. The van der Waals surface area contributed by atoms with Crippen LogP contribution < -0.4 is 5.32 Å². The third kappa shape index (κ3) is 2.60. The zero-order valence-electron chi connectivity index (χ0n) is 11.3. The summed E-state index contributed by atoms with van der Waals surface area (Å²) in [6.07, 6.45) is 2.33. The van der Waals surface area contributed by atoms with E-state index < -0.39 is 0 Å². The van der Waals surface area contributed by atoms with Crippen molar-refractivity contribution >= 4 is 28.1 Å². The Hall–Kier alpha value is -2.07. The third-order valence-corrected chi connectivity index (χ3v) is 4.46. The highest BCUT2D eigenvalue weighted by Crippen LogP contribution is 2.18. The van der Waals surface area contributed by atoms with Crippen molar-refractivity contribution in [2.75, 3.05) is 0 Å². The number of carbonyl (C=O) groups excluding carboxylic acids is 1. The van der Waals surface area contributed by atoms with E-state index >= 15 is 0 Å². The van der Waals surface area contributed by atoms with Crippen molar-refractivity contribution in [1.82, 2.24) is 10.3 Å². The molecule has 0 saturated carbocycles. The fourth-order valence-corrected chi connectivity index (χ4v) is 3.12. The van der Waals surface area contributed by atoms with E-state index in [0.29, 0.717) is 13.0 Å². The molecule has 102 valence electrons. The maximum Gasteiger partial charge on any atom is 0.224 e. The molecule has 0 spiro atoms. The van der Waals surface area contributed by atoms with Gasteiger partial charge in [0.15, 0.2) is 0 Å². The summed E-state index contributed by atoms with van der Waals surface area (Å²) >= 11 is 1.68. The number of rotatable bonds is 4. The second-order valence-corrected chi connectivity index (χ2v) is 5.84. The van der Waals surface area contributed by atoms with Gasteiger partial charge in [0, 0.05) is 22.0 Å². The normalized spacial score (nSPS) is 10.8. The summed E-state index contributed by atoms with van der Waals surface area (Å²) in [5.41, 5.74) is 3.35. The number of nitrogens with one attached hydrogen (secondary N) is 2. The van der Waals surface area contributed by atoms with Crippen molar-refractivity contribution < 1.29 is 4.79 Å². The lowest BCUT2D eigenvalue weighted by molar-refractivity contribution is -0.120. The number of para-hydroxylation sites is 1. The first-order valence-corrected chi connectivity index (χ1v) is 7.46. The molecule has 4 heteroatoms. The van der Waals surface area contributed by atoms with Crippen LogP contribution in [0.25, 0.3) is 10.9 Å². The van der Waals surface area contributed by atoms with Crippen molar-refractivity contribution in [2.24, 2.45) is 0 Å². The summed E-state index contributed by atoms with van der Waals surface area (Å²) in [4.78, 5) is 16.5. The number of carbonyl (C=O) groups is 1. The van der Waals surface area contributed by atoms with Crippen LogP contribution >= 0.6 is 11.3 Å². The maximum absolute atomic E-state index is 12.0. The number of hydrogen-bond donors (Lipinski definition) is 2. The minimum absolute atomic E-state index is 0.0579. The molecule has 2 aromatic heterocycles. The van der Waals surface area contributed by atoms with Crippen LogP contribution in [0.5, 0.6) is 0 Å². The number of hydrogen-bond acceptors (Lipinski definition) is 2. The van der Waals surface area contributed by atoms with Gasteiger partial charge in [-0.3, -0.25) is 4.79 Å². The Morgan fingerprint density at radius 1 is 1.30 bits per heavy atom. The van der Waals surface area contributed by atoms with Crippen LogP contribution in [0.4, 0.5) is 0 Å². The van der Waals surface area contributed by atoms with Crippen LogP contribution in [0.3, 0.4) is 0 Å². The molecule has 0 bridgehead atoms. The van der Waals surface area contributed by atoms with Crippen LogP contribution in [-0.2, 0) is 17.8 Å². The fraction of sp³-hybridized carbons (Fsp3) is 0.188. The lowest BCUT2D eigenvalue weighted by atomic mass is 10.1. The van der Waals surface area contributed by atoms with Gasteiger partial charge < -0.3 is 10.3 Å². The minimum atomic E-state index is 0.0579. The standard InChI is InChI=1S/C16H16N2OS/c1-11-6-7-20-15(11)10-18-16(19)8-12-9-17-14-5-3-2-4-13(12)14/h2-7,9,17H,8,10H2,1H3,(H,18,19). The van der Waals surface area contributed by atoms with E-state index in [0.717, 1.165) is 16.5 Å². The first-order valence-electron chi connectivity index (χ1n) is 6.58. The number of aryl methyl sites for hydroxylation is 1. The zero-order valence-corrected chi connectivity index (χ0v) is 12.1. The quantitative estimate of drug-likeness (QED) is 0.758. The molecule has 0 aliphatic heterocycles. The van der Waals surface area contributed by atoms with E-state index in [9.17, 15) is 4.79 Å². The first kappa shape index (κ1) is 12.9. The number of aromatic amines is 1. The molecule has 1 amide bonds.